The van der Waals surface area contributed by atoms with Gasteiger partial charge in [0.15, 0.2) is 0 Å². The highest BCUT2D eigenvalue weighted by Crippen LogP contribution is 2.25. The average molecular weight is 293 g/mol. The highest BCUT2D eigenvalue weighted by molar-refractivity contribution is 5.55. The van der Waals surface area contributed by atoms with Crippen LogP contribution in [0.2, 0.25) is 0 Å². The van der Waals surface area contributed by atoms with Crippen LogP contribution in [0.25, 0.3) is 11.5 Å². The van der Waals surface area contributed by atoms with E-state index in [0.29, 0.717) is 18.3 Å². The zero-order valence-electron chi connectivity index (χ0n) is 12.9. The largest absolute Gasteiger partial charge is 0.466 e. The number of aromatic nitrogens is 2. The molecule has 2 rings (SSSR count). The smallest absolute Gasteiger partial charge is 0.251 e. The van der Waals surface area contributed by atoms with E-state index in [1.165, 1.54) is 0 Å². The maximum Gasteiger partial charge on any atom is 0.251 e. The van der Waals surface area contributed by atoms with E-state index in [4.69, 9.17) is 13.9 Å². The summed E-state index contributed by atoms with van der Waals surface area (Å²) in [6.45, 7) is 5.62. The average Bonchev–Trinajstić information content (AvgIpc) is 3.01. The van der Waals surface area contributed by atoms with Crippen molar-refractivity contribution in [3.63, 3.8) is 0 Å². The van der Waals surface area contributed by atoms with E-state index in [0.717, 1.165) is 42.9 Å². The zero-order chi connectivity index (χ0) is 15.2. The van der Waals surface area contributed by atoms with E-state index in [1.807, 2.05) is 27.0 Å². The fourth-order valence-corrected chi connectivity index (χ4v) is 2.25. The Labute approximate surface area is 124 Å². The van der Waals surface area contributed by atoms with E-state index in [9.17, 15) is 0 Å². The summed E-state index contributed by atoms with van der Waals surface area (Å²) < 4.78 is 11.2. The van der Waals surface area contributed by atoms with Crippen molar-refractivity contribution in [2.75, 3.05) is 20.2 Å². The third-order valence-corrected chi connectivity index (χ3v) is 3.34. The predicted octanol–water partition coefficient (Wildman–Crippen LogP) is 2.54. The third kappa shape index (κ3) is 4.41. The molecule has 0 atom stereocenters. The van der Waals surface area contributed by atoms with Crippen molar-refractivity contribution in [3.8, 4) is 11.5 Å². The molecule has 0 saturated carbocycles. The molecule has 2 heterocycles. The Morgan fingerprint density at radius 3 is 2.62 bits per heavy atom. The van der Waals surface area contributed by atoms with Crippen LogP contribution in [-0.2, 0) is 6.54 Å². The molecule has 0 aliphatic carbocycles. The molecule has 0 amide bonds. The summed E-state index contributed by atoms with van der Waals surface area (Å²) in [5, 5.41) is 16.9. The van der Waals surface area contributed by atoms with Gasteiger partial charge in [0.1, 0.15) is 11.5 Å². The lowest BCUT2D eigenvalue weighted by atomic mass is 10.2. The van der Waals surface area contributed by atoms with E-state index in [-0.39, 0.29) is 6.61 Å². The molecule has 0 saturated heterocycles. The predicted molar refractivity (Wildman–Crippen MR) is 78.7 cm³/mol. The van der Waals surface area contributed by atoms with Crippen molar-refractivity contribution in [2.24, 2.45) is 0 Å². The molecule has 0 aromatic carbocycles. The summed E-state index contributed by atoms with van der Waals surface area (Å²) in [5.74, 6) is 2.74. The quantitative estimate of drug-likeness (QED) is 0.754. The number of hydrogen-bond donors (Lipinski definition) is 1. The molecule has 1 N–H and O–H groups in total. The molecule has 21 heavy (non-hydrogen) atoms. The monoisotopic (exact) mass is 293 g/mol. The summed E-state index contributed by atoms with van der Waals surface area (Å²) in [5.41, 5.74) is 0.858. The lowest BCUT2D eigenvalue weighted by Crippen LogP contribution is -2.19. The van der Waals surface area contributed by atoms with Crippen LogP contribution in [0.1, 0.15) is 36.7 Å². The van der Waals surface area contributed by atoms with Crippen LogP contribution in [0.4, 0.5) is 0 Å². The number of aryl methyl sites for hydroxylation is 2. The highest BCUT2D eigenvalue weighted by atomic mass is 16.4. The minimum absolute atomic E-state index is 0.264. The molecule has 2 aromatic rings. The first-order chi connectivity index (χ1) is 10.1. The number of unbranched alkanes of at least 4 members (excludes halogenated alkanes) is 2. The Morgan fingerprint density at radius 1 is 1.14 bits per heavy atom. The maximum absolute atomic E-state index is 8.75. The van der Waals surface area contributed by atoms with Crippen LogP contribution in [-0.4, -0.2) is 40.4 Å². The van der Waals surface area contributed by atoms with Crippen LogP contribution < -0.4 is 0 Å². The van der Waals surface area contributed by atoms with Gasteiger partial charge in [-0.05, 0) is 52.8 Å². The highest BCUT2D eigenvalue weighted by Gasteiger charge is 2.15. The molecular weight excluding hydrogens is 270 g/mol. The molecule has 0 radical (unpaired) electrons. The molecule has 0 unspecified atom stereocenters. The second kappa shape index (κ2) is 7.38. The number of furan rings is 1. The van der Waals surface area contributed by atoms with Crippen LogP contribution in [0.3, 0.4) is 0 Å². The molecule has 0 bridgehead atoms. The fourth-order valence-electron chi connectivity index (χ4n) is 2.25. The second-order valence-electron chi connectivity index (χ2n) is 5.35. The SMILES string of the molecule is Cc1cc(-c2nnc(CN(C)CCCCCO)o2)c(C)o1. The Morgan fingerprint density at radius 2 is 1.95 bits per heavy atom. The fraction of sp³-hybridized carbons (Fsp3) is 0.600. The topological polar surface area (TPSA) is 75.5 Å². The van der Waals surface area contributed by atoms with Gasteiger partial charge in [-0.3, -0.25) is 4.90 Å². The van der Waals surface area contributed by atoms with E-state index in [1.54, 1.807) is 0 Å². The van der Waals surface area contributed by atoms with Gasteiger partial charge in [0.2, 0.25) is 5.89 Å². The Hall–Kier alpha value is -1.66. The van der Waals surface area contributed by atoms with Crippen LogP contribution >= 0.6 is 0 Å². The first kappa shape index (κ1) is 15.7. The number of hydrogen-bond acceptors (Lipinski definition) is 6. The number of aliphatic hydroxyl groups excluding tert-OH is 1. The van der Waals surface area contributed by atoms with Gasteiger partial charge in [-0.15, -0.1) is 10.2 Å². The lowest BCUT2D eigenvalue weighted by molar-refractivity contribution is 0.262. The zero-order valence-corrected chi connectivity index (χ0v) is 12.9. The maximum atomic E-state index is 8.75. The van der Waals surface area contributed by atoms with Crippen molar-refractivity contribution >= 4 is 0 Å². The van der Waals surface area contributed by atoms with Gasteiger partial charge < -0.3 is 13.9 Å². The van der Waals surface area contributed by atoms with Gasteiger partial charge in [-0.1, -0.05) is 0 Å². The van der Waals surface area contributed by atoms with Crippen molar-refractivity contribution in [2.45, 2.75) is 39.7 Å². The normalized spacial score (nSPS) is 11.5. The van der Waals surface area contributed by atoms with E-state index >= 15 is 0 Å². The molecule has 0 fully saturated rings. The first-order valence-corrected chi connectivity index (χ1v) is 7.29. The minimum atomic E-state index is 0.264. The van der Waals surface area contributed by atoms with Crippen LogP contribution in [0, 0.1) is 13.8 Å². The van der Waals surface area contributed by atoms with Crippen molar-refractivity contribution in [3.05, 3.63) is 23.5 Å². The van der Waals surface area contributed by atoms with Gasteiger partial charge in [0.05, 0.1) is 12.1 Å². The Bertz CT molecular complexity index is 562. The number of rotatable bonds is 8. The third-order valence-electron chi connectivity index (χ3n) is 3.34. The molecule has 116 valence electrons. The standard InChI is InChI=1S/C15H23N3O3/c1-11-9-13(12(2)20-11)15-17-16-14(21-15)10-18(3)7-5-4-6-8-19/h9,19H,4-8,10H2,1-3H3. The summed E-state index contributed by atoms with van der Waals surface area (Å²) in [4.78, 5) is 2.14. The van der Waals surface area contributed by atoms with Crippen molar-refractivity contribution in [1.29, 1.82) is 0 Å². The van der Waals surface area contributed by atoms with Gasteiger partial charge in [-0.2, -0.15) is 0 Å². The van der Waals surface area contributed by atoms with Crippen molar-refractivity contribution < 1.29 is 13.9 Å². The van der Waals surface area contributed by atoms with Gasteiger partial charge >= 0.3 is 0 Å². The van der Waals surface area contributed by atoms with E-state index in [2.05, 4.69) is 15.1 Å². The van der Waals surface area contributed by atoms with Crippen LogP contribution in [0.15, 0.2) is 14.9 Å². The van der Waals surface area contributed by atoms with Gasteiger partial charge in [0.25, 0.3) is 5.89 Å². The molecular formula is C15H23N3O3. The molecule has 0 spiro atoms. The molecule has 6 nitrogen and oxygen atoms in total. The summed E-state index contributed by atoms with van der Waals surface area (Å²) in [7, 11) is 2.02. The van der Waals surface area contributed by atoms with Crippen molar-refractivity contribution in [1.82, 2.24) is 15.1 Å². The molecule has 0 aliphatic heterocycles. The Kier molecular flexibility index (Phi) is 5.52. The Balaban J connectivity index is 1.89. The van der Waals surface area contributed by atoms with E-state index < -0.39 is 0 Å². The summed E-state index contributed by atoms with van der Waals surface area (Å²) in [6.07, 6.45) is 2.94. The molecule has 6 heteroatoms. The second-order valence-corrected chi connectivity index (χ2v) is 5.35. The van der Waals surface area contributed by atoms with Gasteiger partial charge in [-0.25, -0.2) is 0 Å². The molecule has 2 aromatic heterocycles. The van der Waals surface area contributed by atoms with Crippen LogP contribution in [0.5, 0.6) is 0 Å². The number of nitrogens with zero attached hydrogens (tertiary/aromatic N) is 3. The number of aliphatic hydroxyl groups is 1. The first-order valence-electron chi connectivity index (χ1n) is 7.29. The minimum Gasteiger partial charge on any atom is -0.466 e. The summed E-state index contributed by atoms with van der Waals surface area (Å²) in [6, 6.07) is 1.91. The molecule has 0 aliphatic rings. The van der Waals surface area contributed by atoms with Gasteiger partial charge in [0, 0.05) is 6.61 Å². The summed E-state index contributed by atoms with van der Waals surface area (Å²) >= 11 is 0. The lowest BCUT2D eigenvalue weighted by Gasteiger charge is -2.13.